The summed E-state index contributed by atoms with van der Waals surface area (Å²) >= 11 is 0. The van der Waals surface area contributed by atoms with Crippen LogP contribution < -0.4 is 0 Å². The van der Waals surface area contributed by atoms with Gasteiger partial charge in [-0.2, -0.15) is 23.4 Å². The Balaban J connectivity index is 0.00000320. The van der Waals surface area contributed by atoms with Crippen molar-refractivity contribution in [2.75, 3.05) is 6.54 Å². The molecule has 0 aliphatic carbocycles. The van der Waals surface area contributed by atoms with Gasteiger partial charge in [-0.05, 0) is 43.5 Å². The maximum atomic E-state index is 13.2. The zero-order valence-electron chi connectivity index (χ0n) is 19.4. The topological polar surface area (TPSA) is 121 Å². The van der Waals surface area contributed by atoms with Gasteiger partial charge in [0.05, 0.1) is 29.2 Å². The Hall–Kier alpha value is -3.48. The molecule has 8 nitrogen and oxygen atoms in total. The molecule has 1 aromatic carbocycles. The number of rotatable bonds is 7. The Morgan fingerprint density at radius 1 is 1.14 bits per heavy atom. The number of hydrogen-bond acceptors (Lipinski definition) is 6. The quantitative estimate of drug-likeness (QED) is 0.352. The molecule has 2 N–H and O–H groups in total. The predicted molar refractivity (Wildman–Crippen MR) is 130 cm³/mol. The molecule has 37 heavy (non-hydrogen) atoms. The van der Waals surface area contributed by atoms with Gasteiger partial charge in [0.15, 0.2) is 16.8 Å². The van der Waals surface area contributed by atoms with E-state index in [1.54, 1.807) is 22.5 Å². The maximum absolute atomic E-state index is 13.2. The fourth-order valence-corrected chi connectivity index (χ4v) is 5.61. The summed E-state index contributed by atoms with van der Waals surface area (Å²) in [5.41, 5.74) is 1.16. The first-order valence-corrected chi connectivity index (χ1v) is 12.5. The smallest absolute Gasteiger partial charge is 0.417 e. The SMILES string of the molecule is O.O=C(CCc1cc(-c2ccc(C(F)(F)F)cn2)cnn1)[C@@H]1CCCN1S(=O)c1cc2ccccc2o1. The second-order valence-electron chi connectivity index (χ2n) is 8.48. The summed E-state index contributed by atoms with van der Waals surface area (Å²) < 4.78 is 59.0. The fraction of sp³-hybridized carbons (Fsp3) is 0.280. The van der Waals surface area contributed by atoms with Crippen LogP contribution in [0.2, 0.25) is 0 Å². The Bertz CT molecular complexity index is 1390. The van der Waals surface area contributed by atoms with Gasteiger partial charge in [0.1, 0.15) is 5.58 Å². The molecule has 1 aliphatic rings. The molecule has 3 aromatic heterocycles. The molecule has 0 bridgehead atoms. The van der Waals surface area contributed by atoms with Crippen LogP contribution in [-0.4, -0.2) is 47.5 Å². The molecule has 0 amide bonds. The van der Waals surface area contributed by atoms with E-state index in [4.69, 9.17) is 4.42 Å². The van der Waals surface area contributed by atoms with Crippen molar-refractivity contribution in [3.8, 4) is 11.3 Å². The Morgan fingerprint density at radius 3 is 2.68 bits per heavy atom. The van der Waals surface area contributed by atoms with Crippen molar-refractivity contribution in [1.82, 2.24) is 19.5 Å². The number of nitrogens with zero attached hydrogens (tertiary/aromatic N) is 4. The van der Waals surface area contributed by atoms with Crippen LogP contribution in [0.4, 0.5) is 13.2 Å². The van der Waals surface area contributed by atoms with Crippen LogP contribution in [0.5, 0.6) is 0 Å². The zero-order valence-corrected chi connectivity index (χ0v) is 20.3. The molecule has 4 aromatic rings. The van der Waals surface area contributed by atoms with Crippen LogP contribution in [0.25, 0.3) is 22.2 Å². The number of carbonyl (C=O) groups is 1. The molecule has 2 atom stereocenters. The van der Waals surface area contributed by atoms with E-state index in [0.29, 0.717) is 47.0 Å². The first-order chi connectivity index (χ1) is 17.3. The van der Waals surface area contributed by atoms with Crippen molar-refractivity contribution in [2.45, 2.75) is 43.0 Å². The molecule has 1 aliphatic heterocycles. The highest BCUT2D eigenvalue weighted by atomic mass is 32.2. The number of hydrogen-bond donors (Lipinski definition) is 0. The van der Waals surface area contributed by atoms with Gasteiger partial charge in [-0.25, -0.2) is 8.51 Å². The first-order valence-electron chi connectivity index (χ1n) is 11.3. The molecule has 1 saturated heterocycles. The molecule has 0 saturated carbocycles. The summed E-state index contributed by atoms with van der Waals surface area (Å²) in [6.07, 6.45) is -0.468. The second-order valence-corrected chi connectivity index (χ2v) is 9.85. The number of aromatic nitrogens is 3. The minimum absolute atomic E-state index is 0. The molecule has 0 spiro atoms. The number of carbonyl (C=O) groups excluding carboxylic acids is 1. The van der Waals surface area contributed by atoms with Gasteiger partial charge in [0, 0.05) is 36.2 Å². The standard InChI is InChI=1S/C25H21F3N4O3S.H2O/c26-25(27,28)18-7-9-20(29-15-18)17-12-19(31-30-14-17)8-10-22(33)21-5-3-11-32(21)36(34)24-13-16-4-1-2-6-23(16)35-24;/h1-2,4,6-7,9,12-15,21H,3,5,8,10-11H2;1H2/t21-,36?;/m0./s1. The number of fused-ring (bicyclic) bond motifs is 1. The summed E-state index contributed by atoms with van der Waals surface area (Å²) in [5.74, 6) is -0.0585. The third-order valence-corrected chi connectivity index (χ3v) is 7.49. The van der Waals surface area contributed by atoms with Crippen molar-refractivity contribution in [1.29, 1.82) is 0 Å². The summed E-state index contributed by atoms with van der Waals surface area (Å²) in [6, 6.07) is 12.5. The Kier molecular flexibility index (Phi) is 7.81. The number of Topliss-reactive ketones (excluding diaryl/α,β-unsaturated/α-hetero) is 1. The van der Waals surface area contributed by atoms with E-state index in [1.165, 1.54) is 12.3 Å². The first kappa shape index (κ1) is 26.6. The molecule has 1 unspecified atom stereocenters. The van der Waals surface area contributed by atoms with E-state index in [2.05, 4.69) is 15.2 Å². The zero-order chi connectivity index (χ0) is 25.3. The molecular formula is C25H23F3N4O4S. The second kappa shape index (κ2) is 10.9. The lowest BCUT2D eigenvalue weighted by Gasteiger charge is -2.20. The number of para-hydroxylation sites is 1. The third-order valence-electron chi connectivity index (χ3n) is 6.08. The minimum Gasteiger partial charge on any atom is -0.446 e. The highest BCUT2D eigenvalue weighted by Gasteiger charge is 2.35. The van der Waals surface area contributed by atoms with Gasteiger partial charge in [-0.3, -0.25) is 9.78 Å². The monoisotopic (exact) mass is 532 g/mol. The Morgan fingerprint density at radius 2 is 1.95 bits per heavy atom. The number of aryl methyl sites for hydroxylation is 1. The van der Waals surface area contributed by atoms with Crippen LogP contribution in [0.15, 0.2) is 70.4 Å². The van der Waals surface area contributed by atoms with Crippen molar-refractivity contribution >= 4 is 27.7 Å². The van der Waals surface area contributed by atoms with E-state index in [1.807, 2.05) is 18.2 Å². The van der Waals surface area contributed by atoms with Gasteiger partial charge in [-0.15, -0.1) is 0 Å². The van der Waals surface area contributed by atoms with E-state index < -0.39 is 28.8 Å². The molecule has 0 radical (unpaired) electrons. The minimum atomic E-state index is -4.46. The number of alkyl halides is 3. The van der Waals surface area contributed by atoms with Crippen molar-refractivity contribution < 1.29 is 32.1 Å². The lowest BCUT2D eigenvalue weighted by atomic mass is 10.0. The molecular weight excluding hydrogens is 509 g/mol. The van der Waals surface area contributed by atoms with E-state index in [0.717, 1.165) is 24.1 Å². The number of benzene rings is 1. The molecule has 5 rings (SSSR count). The van der Waals surface area contributed by atoms with Crippen LogP contribution in [0.3, 0.4) is 0 Å². The normalized spacial score (nSPS) is 17.0. The molecule has 12 heteroatoms. The lowest BCUT2D eigenvalue weighted by molar-refractivity contribution is -0.137. The lowest BCUT2D eigenvalue weighted by Crippen LogP contribution is -2.37. The van der Waals surface area contributed by atoms with Crippen LogP contribution in [-0.2, 0) is 28.4 Å². The van der Waals surface area contributed by atoms with E-state index in [9.17, 15) is 22.2 Å². The fourth-order valence-electron chi connectivity index (χ4n) is 4.24. The molecule has 1 fully saturated rings. The highest BCUT2D eigenvalue weighted by Crippen LogP contribution is 2.30. The summed E-state index contributed by atoms with van der Waals surface area (Å²) in [4.78, 5) is 16.9. The van der Waals surface area contributed by atoms with E-state index >= 15 is 0 Å². The molecule has 194 valence electrons. The van der Waals surface area contributed by atoms with Crippen LogP contribution in [0, 0.1) is 0 Å². The van der Waals surface area contributed by atoms with Crippen molar-refractivity contribution in [2.24, 2.45) is 0 Å². The number of ketones is 1. The summed E-state index contributed by atoms with van der Waals surface area (Å²) in [7, 11) is -1.60. The van der Waals surface area contributed by atoms with Crippen LogP contribution in [0.1, 0.15) is 30.5 Å². The van der Waals surface area contributed by atoms with Gasteiger partial charge in [-0.1, -0.05) is 18.2 Å². The van der Waals surface area contributed by atoms with Gasteiger partial charge in [0.2, 0.25) is 5.09 Å². The van der Waals surface area contributed by atoms with Gasteiger partial charge >= 0.3 is 6.18 Å². The van der Waals surface area contributed by atoms with Gasteiger partial charge < -0.3 is 9.89 Å². The largest absolute Gasteiger partial charge is 0.446 e. The van der Waals surface area contributed by atoms with Crippen molar-refractivity contribution in [3.05, 3.63) is 72.2 Å². The highest BCUT2D eigenvalue weighted by molar-refractivity contribution is 7.82. The third kappa shape index (κ3) is 5.76. The number of furan rings is 1. The van der Waals surface area contributed by atoms with Crippen molar-refractivity contribution in [3.63, 3.8) is 0 Å². The van der Waals surface area contributed by atoms with E-state index in [-0.39, 0.29) is 17.7 Å². The average molecular weight is 533 g/mol. The summed E-state index contributed by atoms with van der Waals surface area (Å²) in [6.45, 7) is 0.523. The maximum Gasteiger partial charge on any atom is 0.417 e. The summed E-state index contributed by atoms with van der Waals surface area (Å²) in [5, 5.41) is 9.13. The Labute approximate surface area is 212 Å². The predicted octanol–water partition coefficient (Wildman–Crippen LogP) is 4.17. The number of halogens is 3. The van der Waals surface area contributed by atoms with Crippen LogP contribution >= 0.6 is 0 Å². The average Bonchev–Trinajstić information content (AvgIpc) is 3.54. The molecule has 4 heterocycles. The number of pyridine rings is 1. The van der Waals surface area contributed by atoms with Gasteiger partial charge in [0.25, 0.3) is 0 Å².